The first-order valence-corrected chi connectivity index (χ1v) is 8.12. The van der Waals surface area contributed by atoms with Crippen molar-refractivity contribution < 1.29 is 14.1 Å². The summed E-state index contributed by atoms with van der Waals surface area (Å²) in [6, 6.07) is 18.8. The molecule has 2 aromatic carbocycles. The number of para-hydroxylation sites is 1. The summed E-state index contributed by atoms with van der Waals surface area (Å²) in [5.74, 6) is 0.168. The number of ether oxygens (including phenoxy) is 1. The third-order valence-corrected chi connectivity index (χ3v) is 3.99. The van der Waals surface area contributed by atoms with Crippen molar-refractivity contribution in [3.05, 3.63) is 77.8 Å². The highest BCUT2D eigenvalue weighted by atomic mass is 16.6. The molecule has 0 amide bonds. The Balaban J connectivity index is 1.47. The Morgan fingerprint density at radius 2 is 1.81 bits per heavy atom. The number of hydrogen-bond acceptors (Lipinski definition) is 6. The van der Waals surface area contributed by atoms with Crippen LogP contribution >= 0.6 is 0 Å². The summed E-state index contributed by atoms with van der Waals surface area (Å²) in [5.41, 5.74) is 2.89. The Labute approximate surface area is 149 Å². The highest BCUT2D eigenvalue weighted by Gasteiger charge is 2.14. The third kappa shape index (κ3) is 3.17. The van der Waals surface area contributed by atoms with Crippen molar-refractivity contribution >= 4 is 16.9 Å². The van der Waals surface area contributed by atoms with Gasteiger partial charge in [0.25, 0.3) is 5.89 Å². The fraction of sp³-hybridized carbons (Fsp3) is 0.100. The fourth-order valence-corrected chi connectivity index (χ4v) is 2.63. The first-order valence-electron chi connectivity index (χ1n) is 8.12. The number of carbonyl (C=O) groups is 1. The van der Waals surface area contributed by atoms with E-state index < -0.39 is 5.97 Å². The number of aromatic nitrogens is 3. The van der Waals surface area contributed by atoms with Crippen molar-refractivity contribution in [3.8, 4) is 11.4 Å². The summed E-state index contributed by atoms with van der Waals surface area (Å²) in [6.45, 7) is 1.86. The van der Waals surface area contributed by atoms with E-state index in [4.69, 9.17) is 9.26 Å². The van der Waals surface area contributed by atoms with Gasteiger partial charge in [0, 0.05) is 10.9 Å². The molecule has 0 radical (unpaired) electrons. The number of rotatable bonds is 4. The molecule has 0 bridgehead atoms. The minimum absolute atomic E-state index is 0.105. The van der Waals surface area contributed by atoms with Crippen LogP contribution in [0.25, 0.3) is 22.3 Å². The second-order valence-corrected chi connectivity index (χ2v) is 5.79. The third-order valence-electron chi connectivity index (χ3n) is 3.99. The number of pyridine rings is 1. The summed E-state index contributed by atoms with van der Waals surface area (Å²) in [5, 5.41) is 4.91. The van der Waals surface area contributed by atoms with Crippen molar-refractivity contribution in [1.82, 2.24) is 15.1 Å². The highest BCUT2D eigenvalue weighted by molar-refractivity contribution is 5.90. The molecule has 0 aliphatic carbocycles. The molecule has 6 heteroatoms. The van der Waals surface area contributed by atoms with E-state index in [0.29, 0.717) is 5.82 Å². The number of hydrogen-bond donors (Lipinski definition) is 0. The van der Waals surface area contributed by atoms with Gasteiger partial charge in [0.1, 0.15) is 5.69 Å². The Morgan fingerprint density at radius 1 is 1.00 bits per heavy atom. The summed E-state index contributed by atoms with van der Waals surface area (Å²) in [4.78, 5) is 20.8. The fourth-order valence-electron chi connectivity index (χ4n) is 2.63. The average Bonchev–Trinajstić information content (AvgIpc) is 3.15. The summed E-state index contributed by atoms with van der Waals surface area (Å²) < 4.78 is 10.4. The van der Waals surface area contributed by atoms with Gasteiger partial charge in [-0.2, -0.15) is 4.98 Å². The number of benzene rings is 2. The van der Waals surface area contributed by atoms with E-state index in [-0.39, 0.29) is 18.2 Å². The van der Waals surface area contributed by atoms with Gasteiger partial charge < -0.3 is 9.26 Å². The quantitative estimate of drug-likeness (QED) is 0.521. The molecule has 26 heavy (non-hydrogen) atoms. The number of carbonyl (C=O) groups excluding carboxylic acids is 1. The molecule has 2 heterocycles. The van der Waals surface area contributed by atoms with E-state index in [0.717, 1.165) is 22.0 Å². The highest BCUT2D eigenvalue weighted by Crippen LogP contribution is 2.20. The molecule has 0 fully saturated rings. The monoisotopic (exact) mass is 345 g/mol. The largest absolute Gasteiger partial charge is 0.451 e. The lowest BCUT2D eigenvalue weighted by Crippen LogP contribution is -2.07. The van der Waals surface area contributed by atoms with E-state index >= 15 is 0 Å². The molecule has 128 valence electrons. The summed E-state index contributed by atoms with van der Waals surface area (Å²) >= 11 is 0. The van der Waals surface area contributed by atoms with Crippen LogP contribution < -0.4 is 0 Å². The van der Waals surface area contributed by atoms with E-state index in [1.165, 1.54) is 0 Å². The molecule has 4 aromatic rings. The van der Waals surface area contributed by atoms with E-state index in [1.54, 1.807) is 6.07 Å². The summed E-state index contributed by atoms with van der Waals surface area (Å²) in [7, 11) is 0. The minimum atomic E-state index is -0.536. The normalized spacial score (nSPS) is 10.8. The Bertz CT molecular complexity index is 1090. The van der Waals surface area contributed by atoms with Gasteiger partial charge in [-0.05, 0) is 24.6 Å². The van der Waals surface area contributed by atoms with Crippen molar-refractivity contribution in [2.45, 2.75) is 13.5 Å². The molecule has 0 N–H and O–H groups in total. The summed E-state index contributed by atoms with van der Waals surface area (Å²) in [6.07, 6.45) is 0. The van der Waals surface area contributed by atoms with Crippen LogP contribution in [0.15, 0.2) is 65.2 Å². The zero-order valence-corrected chi connectivity index (χ0v) is 14.0. The SMILES string of the molecule is Cc1ccccc1-c1noc(COC(=O)c2ccc3ccccc3n2)n1. The number of nitrogens with zero attached hydrogens (tertiary/aromatic N) is 3. The van der Waals surface area contributed by atoms with Crippen LogP contribution in [0.3, 0.4) is 0 Å². The minimum Gasteiger partial charge on any atom is -0.451 e. The lowest BCUT2D eigenvalue weighted by Gasteiger charge is -2.03. The van der Waals surface area contributed by atoms with Crippen molar-refractivity contribution in [3.63, 3.8) is 0 Å². The van der Waals surface area contributed by atoms with Gasteiger partial charge in [0.05, 0.1) is 5.52 Å². The van der Waals surface area contributed by atoms with E-state index in [1.807, 2.05) is 61.5 Å². The topological polar surface area (TPSA) is 78.1 Å². The van der Waals surface area contributed by atoms with Gasteiger partial charge in [-0.25, -0.2) is 9.78 Å². The van der Waals surface area contributed by atoms with Gasteiger partial charge in [0.15, 0.2) is 6.61 Å². The molecular weight excluding hydrogens is 330 g/mol. The second-order valence-electron chi connectivity index (χ2n) is 5.79. The zero-order chi connectivity index (χ0) is 17.9. The predicted octanol–water partition coefficient (Wildman–Crippen LogP) is 3.95. The van der Waals surface area contributed by atoms with Crippen LogP contribution in [0.1, 0.15) is 21.9 Å². The van der Waals surface area contributed by atoms with Gasteiger partial charge in [0.2, 0.25) is 5.82 Å². The Hall–Kier alpha value is -3.54. The maximum atomic E-state index is 12.2. The van der Waals surface area contributed by atoms with Crippen molar-refractivity contribution in [2.75, 3.05) is 0 Å². The molecule has 0 spiro atoms. The molecule has 0 saturated heterocycles. The predicted molar refractivity (Wildman–Crippen MR) is 95.3 cm³/mol. The molecular formula is C20H15N3O3. The molecule has 4 rings (SSSR count). The van der Waals surface area contributed by atoms with Crippen molar-refractivity contribution in [1.29, 1.82) is 0 Å². The molecule has 0 saturated carbocycles. The molecule has 2 aromatic heterocycles. The van der Waals surface area contributed by atoms with Crippen LogP contribution in [0, 0.1) is 6.92 Å². The second kappa shape index (κ2) is 6.76. The number of aryl methyl sites for hydroxylation is 1. The molecule has 0 unspecified atom stereocenters. The standard InChI is InChI=1S/C20H15N3O3/c1-13-6-2-4-8-15(13)19-22-18(26-23-19)12-25-20(24)17-11-10-14-7-3-5-9-16(14)21-17/h2-11H,12H2,1H3. The lowest BCUT2D eigenvalue weighted by molar-refractivity contribution is 0.0423. The van der Waals surface area contributed by atoms with Gasteiger partial charge in [-0.1, -0.05) is 53.7 Å². The Morgan fingerprint density at radius 3 is 2.69 bits per heavy atom. The van der Waals surface area contributed by atoms with Gasteiger partial charge in [-0.15, -0.1) is 0 Å². The van der Waals surface area contributed by atoms with Crippen LogP contribution in [-0.4, -0.2) is 21.1 Å². The first-order chi connectivity index (χ1) is 12.7. The van der Waals surface area contributed by atoms with Crippen LogP contribution in [0.5, 0.6) is 0 Å². The lowest BCUT2D eigenvalue weighted by atomic mass is 10.1. The molecule has 0 aliphatic rings. The molecule has 0 aliphatic heterocycles. The zero-order valence-electron chi connectivity index (χ0n) is 14.0. The average molecular weight is 345 g/mol. The number of esters is 1. The Kier molecular flexibility index (Phi) is 4.15. The van der Waals surface area contributed by atoms with Crippen LogP contribution in [0.2, 0.25) is 0 Å². The van der Waals surface area contributed by atoms with Gasteiger partial charge >= 0.3 is 5.97 Å². The molecule has 0 atom stereocenters. The maximum absolute atomic E-state index is 12.2. The van der Waals surface area contributed by atoms with Crippen LogP contribution in [-0.2, 0) is 11.3 Å². The smallest absolute Gasteiger partial charge is 0.357 e. The van der Waals surface area contributed by atoms with E-state index in [9.17, 15) is 4.79 Å². The van der Waals surface area contributed by atoms with E-state index in [2.05, 4.69) is 15.1 Å². The van der Waals surface area contributed by atoms with Crippen LogP contribution in [0.4, 0.5) is 0 Å². The first kappa shape index (κ1) is 16.0. The van der Waals surface area contributed by atoms with Crippen molar-refractivity contribution in [2.24, 2.45) is 0 Å². The number of fused-ring (bicyclic) bond motifs is 1. The maximum Gasteiger partial charge on any atom is 0.357 e. The molecule has 6 nitrogen and oxygen atoms in total. The van der Waals surface area contributed by atoms with Gasteiger partial charge in [-0.3, -0.25) is 0 Å².